The van der Waals surface area contributed by atoms with Crippen LogP contribution in [-0.4, -0.2) is 38.8 Å². The van der Waals surface area contributed by atoms with Crippen LogP contribution in [0.25, 0.3) is 17.0 Å². The molecule has 5 rings (SSSR count). The van der Waals surface area contributed by atoms with Gasteiger partial charge in [0.1, 0.15) is 17.0 Å². The number of benzene rings is 1. The number of amides is 1. The van der Waals surface area contributed by atoms with E-state index in [9.17, 15) is 4.79 Å². The highest BCUT2D eigenvalue weighted by Crippen LogP contribution is 2.32. The van der Waals surface area contributed by atoms with Crippen molar-refractivity contribution in [2.75, 3.05) is 7.11 Å². The van der Waals surface area contributed by atoms with Crippen molar-refractivity contribution in [2.45, 2.75) is 19.0 Å². The van der Waals surface area contributed by atoms with Crippen molar-refractivity contribution < 1.29 is 14.1 Å². The van der Waals surface area contributed by atoms with Gasteiger partial charge in [-0.25, -0.2) is 9.67 Å². The fraction of sp³-hybridized carbons (Fsp3) is 0.160. The molecule has 1 atom stereocenters. The van der Waals surface area contributed by atoms with Gasteiger partial charge in [-0.1, -0.05) is 41.6 Å². The molecule has 4 aromatic rings. The number of carbonyl (C=O) groups is 1. The van der Waals surface area contributed by atoms with E-state index in [1.807, 2.05) is 48.5 Å². The zero-order valence-electron chi connectivity index (χ0n) is 18.7. The topological polar surface area (TPSA) is 107 Å². The molecule has 1 aliphatic rings. The van der Waals surface area contributed by atoms with Gasteiger partial charge in [-0.05, 0) is 25.1 Å². The Morgan fingerprint density at radius 3 is 2.65 bits per heavy atom. The number of pyridine rings is 1. The number of aliphatic imine (C=N–C) groups is 1. The third kappa shape index (κ3) is 3.66. The lowest BCUT2D eigenvalue weighted by Crippen LogP contribution is -2.57. The summed E-state index contributed by atoms with van der Waals surface area (Å²) in [4.78, 5) is 22.6. The van der Waals surface area contributed by atoms with Gasteiger partial charge in [0.2, 0.25) is 11.6 Å². The van der Waals surface area contributed by atoms with Gasteiger partial charge in [0.25, 0.3) is 5.91 Å². The Kier molecular flexibility index (Phi) is 5.51. The van der Waals surface area contributed by atoms with Crippen molar-refractivity contribution in [3.8, 4) is 11.3 Å². The Morgan fingerprint density at radius 2 is 1.94 bits per heavy atom. The molecule has 0 aliphatic carbocycles. The van der Waals surface area contributed by atoms with E-state index in [2.05, 4.69) is 20.6 Å². The van der Waals surface area contributed by atoms with Crippen molar-refractivity contribution in [3.05, 3.63) is 96.3 Å². The van der Waals surface area contributed by atoms with Crippen LogP contribution in [0.4, 0.5) is 0 Å². The van der Waals surface area contributed by atoms with Gasteiger partial charge < -0.3 is 14.6 Å². The number of nitrogens with zero attached hydrogens (tertiary/aromatic N) is 5. The summed E-state index contributed by atoms with van der Waals surface area (Å²) in [5.74, 6) is 0.322. The Bertz CT molecular complexity index is 1360. The van der Waals surface area contributed by atoms with Gasteiger partial charge in [-0.15, -0.1) is 0 Å². The lowest BCUT2D eigenvalue weighted by atomic mass is 9.98. The quantitative estimate of drug-likeness (QED) is 0.491. The standard InChI is InChI=1S/C25H22N6O3/c1-17-21(22(30-34-17)18-8-4-3-5-9-18)23(32)29-25(31-15-7-14-27-31)12-11-20(28-24(25)33-2)19-10-6-13-26-16-19/h3-11,13-16H,12H2,1-2H3,(H,29,32). The van der Waals surface area contributed by atoms with E-state index >= 15 is 0 Å². The molecule has 0 radical (unpaired) electrons. The fourth-order valence-electron chi connectivity index (χ4n) is 4.02. The summed E-state index contributed by atoms with van der Waals surface area (Å²) in [5.41, 5.74) is 1.95. The zero-order valence-corrected chi connectivity index (χ0v) is 18.7. The fourth-order valence-corrected chi connectivity index (χ4v) is 4.02. The second-order valence-corrected chi connectivity index (χ2v) is 7.75. The van der Waals surface area contributed by atoms with Gasteiger partial charge in [0, 0.05) is 42.3 Å². The first-order chi connectivity index (χ1) is 16.6. The van der Waals surface area contributed by atoms with Crippen LogP contribution in [0.15, 0.2) is 88.9 Å². The van der Waals surface area contributed by atoms with E-state index in [0.717, 1.165) is 11.1 Å². The number of ether oxygens (including phenoxy) is 1. The summed E-state index contributed by atoms with van der Waals surface area (Å²) >= 11 is 0. The molecule has 170 valence electrons. The number of methoxy groups -OCH3 is 1. The van der Waals surface area contributed by atoms with Crippen LogP contribution in [0.1, 0.15) is 28.1 Å². The number of rotatable bonds is 5. The van der Waals surface area contributed by atoms with Crippen LogP contribution in [0, 0.1) is 6.92 Å². The van der Waals surface area contributed by atoms with Gasteiger partial charge in [0.05, 0.1) is 12.8 Å². The molecule has 0 saturated carbocycles. The molecule has 1 amide bonds. The molecule has 0 fully saturated rings. The smallest absolute Gasteiger partial charge is 0.259 e. The third-order valence-electron chi connectivity index (χ3n) is 5.67. The summed E-state index contributed by atoms with van der Waals surface area (Å²) in [7, 11) is 1.52. The molecule has 9 heteroatoms. The number of hydrogen-bond acceptors (Lipinski definition) is 7. The van der Waals surface area contributed by atoms with Crippen LogP contribution >= 0.6 is 0 Å². The van der Waals surface area contributed by atoms with E-state index in [0.29, 0.717) is 35.0 Å². The Morgan fingerprint density at radius 1 is 1.12 bits per heavy atom. The van der Waals surface area contributed by atoms with Crippen molar-refractivity contribution in [2.24, 2.45) is 4.99 Å². The third-order valence-corrected chi connectivity index (χ3v) is 5.67. The normalized spacial score (nSPS) is 17.6. The molecule has 0 bridgehead atoms. The molecule has 1 aliphatic heterocycles. The Hall–Kier alpha value is -4.53. The molecule has 1 N–H and O–H groups in total. The molecule has 1 unspecified atom stereocenters. The molecule has 9 nitrogen and oxygen atoms in total. The number of hydrogen-bond donors (Lipinski definition) is 1. The van der Waals surface area contributed by atoms with Crippen molar-refractivity contribution in [1.82, 2.24) is 25.2 Å². The van der Waals surface area contributed by atoms with Gasteiger partial charge in [-0.3, -0.25) is 9.78 Å². The molecular formula is C25H22N6O3. The van der Waals surface area contributed by atoms with Gasteiger partial charge in [0.15, 0.2) is 0 Å². The van der Waals surface area contributed by atoms with Crippen molar-refractivity contribution >= 4 is 17.5 Å². The van der Waals surface area contributed by atoms with Crippen LogP contribution in [0.2, 0.25) is 0 Å². The van der Waals surface area contributed by atoms with Crippen LogP contribution in [0.5, 0.6) is 0 Å². The zero-order chi connectivity index (χ0) is 23.5. The maximum atomic E-state index is 13.7. The summed E-state index contributed by atoms with van der Waals surface area (Å²) in [6.07, 6.45) is 9.11. The summed E-state index contributed by atoms with van der Waals surface area (Å²) < 4.78 is 12.8. The maximum Gasteiger partial charge on any atom is 0.259 e. The van der Waals surface area contributed by atoms with E-state index in [1.54, 1.807) is 42.5 Å². The van der Waals surface area contributed by atoms with Crippen molar-refractivity contribution in [3.63, 3.8) is 0 Å². The second-order valence-electron chi connectivity index (χ2n) is 7.75. The minimum absolute atomic E-state index is 0.293. The minimum atomic E-state index is -1.18. The number of nitrogens with one attached hydrogen (secondary N) is 1. The summed E-state index contributed by atoms with van der Waals surface area (Å²) in [6.45, 7) is 1.71. The summed E-state index contributed by atoms with van der Waals surface area (Å²) in [5, 5.41) is 11.7. The van der Waals surface area contributed by atoms with E-state index in [-0.39, 0.29) is 5.91 Å². The molecule has 4 heterocycles. The SMILES string of the molecule is COC1=NC(c2cccnc2)=CCC1(NC(=O)c1c(-c2ccccc2)noc1C)n1cccn1. The van der Waals surface area contributed by atoms with Crippen LogP contribution in [0.3, 0.4) is 0 Å². The number of carbonyl (C=O) groups excluding carboxylic acids is 1. The highest BCUT2D eigenvalue weighted by Gasteiger charge is 2.44. The first-order valence-electron chi connectivity index (χ1n) is 10.7. The van der Waals surface area contributed by atoms with Gasteiger partial charge in [-0.2, -0.15) is 5.10 Å². The Balaban J connectivity index is 1.56. The molecule has 0 saturated heterocycles. The first kappa shape index (κ1) is 21.3. The van der Waals surface area contributed by atoms with Crippen LogP contribution < -0.4 is 5.32 Å². The van der Waals surface area contributed by atoms with Crippen LogP contribution in [-0.2, 0) is 10.4 Å². The lowest BCUT2D eigenvalue weighted by molar-refractivity contribution is 0.0866. The lowest BCUT2D eigenvalue weighted by Gasteiger charge is -2.36. The number of aryl methyl sites for hydroxylation is 1. The Labute approximate surface area is 195 Å². The predicted molar refractivity (Wildman–Crippen MR) is 126 cm³/mol. The van der Waals surface area contributed by atoms with Crippen molar-refractivity contribution in [1.29, 1.82) is 0 Å². The first-order valence-corrected chi connectivity index (χ1v) is 10.7. The minimum Gasteiger partial charge on any atom is -0.481 e. The average Bonchev–Trinajstić information content (AvgIpc) is 3.56. The van der Waals surface area contributed by atoms with Gasteiger partial charge >= 0.3 is 0 Å². The number of aromatic nitrogens is 4. The molecular weight excluding hydrogens is 432 g/mol. The molecule has 34 heavy (non-hydrogen) atoms. The monoisotopic (exact) mass is 454 g/mol. The van der Waals surface area contributed by atoms with E-state index in [1.165, 1.54) is 7.11 Å². The second kappa shape index (κ2) is 8.78. The van der Waals surface area contributed by atoms with E-state index in [4.69, 9.17) is 14.3 Å². The largest absolute Gasteiger partial charge is 0.481 e. The highest BCUT2D eigenvalue weighted by molar-refractivity contribution is 6.04. The molecule has 1 aromatic carbocycles. The predicted octanol–water partition coefficient (Wildman–Crippen LogP) is 3.81. The highest BCUT2D eigenvalue weighted by atomic mass is 16.5. The molecule has 0 spiro atoms. The average molecular weight is 454 g/mol. The maximum absolute atomic E-state index is 13.7. The summed E-state index contributed by atoms with van der Waals surface area (Å²) in [6, 6.07) is 15.0. The molecule has 3 aromatic heterocycles. The van der Waals surface area contributed by atoms with E-state index < -0.39 is 5.66 Å².